The highest BCUT2D eigenvalue weighted by atomic mass is 19.4. The van der Waals surface area contributed by atoms with Gasteiger partial charge in [-0.1, -0.05) is 19.9 Å². The minimum Gasteiger partial charge on any atom is -0.403 e. The van der Waals surface area contributed by atoms with Crippen LogP contribution in [0.3, 0.4) is 0 Å². The molecular formula is C14H17F4NO2. The van der Waals surface area contributed by atoms with Crippen LogP contribution in [-0.4, -0.2) is 24.7 Å². The maximum atomic E-state index is 13.6. The van der Waals surface area contributed by atoms with Gasteiger partial charge in [-0.3, -0.25) is 4.79 Å². The molecule has 0 saturated heterocycles. The molecule has 1 aromatic carbocycles. The number of rotatable bonds is 6. The third kappa shape index (κ3) is 5.71. The minimum atomic E-state index is -4.96. The van der Waals surface area contributed by atoms with Gasteiger partial charge in [-0.05, 0) is 24.6 Å². The van der Waals surface area contributed by atoms with E-state index in [4.69, 9.17) is 0 Å². The van der Waals surface area contributed by atoms with E-state index in [-0.39, 0.29) is 18.4 Å². The molecule has 21 heavy (non-hydrogen) atoms. The second-order valence-corrected chi connectivity index (χ2v) is 4.96. The molecule has 1 rings (SSSR count). The Kier molecular flexibility index (Phi) is 5.71. The Labute approximate surface area is 120 Å². The van der Waals surface area contributed by atoms with Gasteiger partial charge in [0.25, 0.3) is 0 Å². The van der Waals surface area contributed by atoms with Gasteiger partial charge in [0.1, 0.15) is 5.78 Å². The Balaban J connectivity index is 2.96. The first kappa shape index (κ1) is 17.4. The number of alkyl halides is 3. The zero-order valence-electron chi connectivity index (χ0n) is 11.9. The Bertz CT molecular complexity index is 500. The highest BCUT2D eigenvalue weighted by molar-refractivity contribution is 5.83. The van der Waals surface area contributed by atoms with Gasteiger partial charge in [0.05, 0.1) is 5.92 Å². The molecule has 7 heteroatoms. The van der Waals surface area contributed by atoms with E-state index in [1.807, 2.05) is 13.8 Å². The monoisotopic (exact) mass is 307 g/mol. The molecule has 1 N–H and O–H groups in total. The van der Waals surface area contributed by atoms with Crippen molar-refractivity contribution in [2.45, 2.75) is 39.1 Å². The molecule has 0 spiro atoms. The molecule has 0 amide bonds. The maximum absolute atomic E-state index is 13.6. The van der Waals surface area contributed by atoms with Crippen LogP contribution in [0.4, 0.5) is 17.6 Å². The van der Waals surface area contributed by atoms with Crippen LogP contribution in [0.5, 0.6) is 5.75 Å². The summed E-state index contributed by atoms with van der Waals surface area (Å²) in [5.41, 5.74) is 0.308. The van der Waals surface area contributed by atoms with Crippen molar-refractivity contribution in [3.63, 3.8) is 0 Å². The molecule has 0 bridgehead atoms. The molecule has 0 aliphatic carbocycles. The lowest BCUT2D eigenvalue weighted by molar-refractivity contribution is -0.275. The summed E-state index contributed by atoms with van der Waals surface area (Å²) in [6.07, 6.45) is -4.96. The molecule has 0 heterocycles. The zero-order chi connectivity index (χ0) is 16.2. The number of ether oxygens (including phenoxy) is 1. The van der Waals surface area contributed by atoms with Gasteiger partial charge in [0, 0.05) is 12.6 Å². The molecule has 0 saturated carbocycles. The third-order valence-electron chi connectivity index (χ3n) is 2.80. The van der Waals surface area contributed by atoms with Gasteiger partial charge < -0.3 is 10.1 Å². The first-order valence-corrected chi connectivity index (χ1v) is 6.39. The second-order valence-electron chi connectivity index (χ2n) is 4.96. The second kappa shape index (κ2) is 6.89. The highest BCUT2D eigenvalue weighted by Gasteiger charge is 2.32. The molecule has 0 aliphatic heterocycles. The van der Waals surface area contributed by atoms with Crippen molar-refractivity contribution in [1.29, 1.82) is 0 Å². The van der Waals surface area contributed by atoms with Crippen molar-refractivity contribution in [3.05, 3.63) is 29.6 Å². The van der Waals surface area contributed by atoms with E-state index in [1.54, 1.807) is 0 Å². The molecule has 0 unspecified atom stereocenters. The molecular weight excluding hydrogens is 290 g/mol. The fourth-order valence-corrected chi connectivity index (χ4v) is 1.79. The van der Waals surface area contributed by atoms with Crippen molar-refractivity contribution < 1.29 is 27.1 Å². The Morgan fingerprint density at radius 2 is 1.95 bits per heavy atom. The minimum absolute atomic E-state index is 0.129. The topological polar surface area (TPSA) is 38.3 Å². The molecule has 0 radical (unpaired) electrons. The molecule has 1 aromatic rings. The average molecular weight is 307 g/mol. The van der Waals surface area contributed by atoms with Gasteiger partial charge >= 0.3 is 6.36 Å². The molecule has 1 atom stereocenters. The van der Waals surface area contributed by atoms with E-state index in [2.05, 4.69) is 10.1 Å². The first-order chi connectivity index (χ1) is 9.60. The zero-order valence-corrected chi connectivity index (χ0v) is 11.9. The van der Waals surface area contributed by atoms with E-state index < -0.39 is 23.8 Å². The summed E-state index contributed by atoms with van der Waals surface area (Å²) in [6.45, 7) is 5.41. The van der Waals surface area contributed by atoms with Crippen molar-refractivity contribution in [2.75, 3.05) is 6.54 Å². The number of ketones is 1. The number of nitrogens with one attached hydrogen (secondary N) is 1. The molecule has 0 aliphatic rings. The van der Waals surface area contributed by atoms with Crippen LogP contribution in [0, 0.1) is 5.82 Å². The van der Waals surface area contributed by atoms with Crippen LogP contribution in [-0.2, 0) is 4.79 Å². The Morgan fingerprint density at radius 1 is 1.33 bits per heavy atom. The molecule has 3 nitrogen and oxygen atoms in total. The van der Waals surface area contributed by atoms with Crippen molar-refractivity contribution in [1.82, 2.24) is 5.32 Å². The number of halogens is 4. The lowest BCUT2D eigenvalue weighted by Crippen LogP contribution is -2.30. The van der Waals surface area contributed by atoms with E-state index in [9.17, 15) is 22.4 Å². The van der Waals surface area contributed by atoms with Gasteiger partial charge in [0.2, 0.25) is 0 Å². The summed E-state index contributed by atoms with van der Waals surface area (Å²) >= 11 is 0. The van der Waals surface area contributed by atoms with Crippen molar-refractivity contribution in [2.24, 2.45) is 0 Å². The standard InChI is InChI=1S/C14H17F4NO2/c1-8(2)19-7-11(9(3)20)10-4-5-13(12(15)6-10)21-14(16,17)18/h4-6,8,11,19H,7H2,1-3H3/t11-/m0/s1. The van der Waals surface area contributed by atoms with Gasteiger partial charge in [-0.2, -0.15) is 0 Å². The Morgan fingerprint density at radius 3 is 2.38 bits per heavy atom. The van der Waals surface area contributed by atoms with Crippen LogP contribution in [0.25, 0.3) is 0 Å². The summed E-state index contributed by atoms with van der Waals surface area (Å²) in [5, 5.41) is 3.04. The third-order valence-corrected chi connectivity index (χ3v) is 2.80. The van der Waals surface area contributed by atoms with Crippen LogP contribution < -0.4 is 10.1 Å². The van der Waals surface area contributed by atoms with E-state index in [1.165, 1.54) is 13.0 Å². The number of carbonyl (C=O) groups is 1. The summed E-state index contributed by atoms with van der Waals surface area (Å²) in [4.78, 5) is 11.6. The highest BCUT2D eigenvalue weighted by Crippen LogP contribution is 2.28. The van der Waals surface area contributed by atoms with Crippen molar-refractivity contribution in [3.8, 4) is 5.75 Å². The van der Waals surface area contributed by atoms with E-state index in [0.717, 1.165) is 12.1 Å². The summed E-state index contributed by atoms with van der Waals surface area (Å²) in [5.74, 6) is -2.89. The number of Topliss-reactive ketones (excluding diaryl/α,β-unsaturated/α-hetero) is 1. The lowest BCUT2D eigenvalue weighted by atomic mass is 9.95. The quantitative estimate of drug-likeness (QED) is 0.819. The van der Waals surface area contributed by atoms with E-state index in [0.29, 0.717) is 5.56 Å². The smallest absolute Gasteiger partial charge is 0.403 e. The molecule has 0 fully saturated rings. The molecule has 0 aromatic heterocycles. The van der Waals surface area contributed by atoms with E-state index >= 15 is 0 Å². The summed E-state index contributed by atoms with van der Waals surface area (Å²) in [7, 11) is 0. The first-order valence-electron chi connectivity index (χ1n) is 6.39. The number of carbonyl (C=O) groups excluding carboxylic acids is 1. The summed E-state index contributed by atoms with van der Waals surface area (Å²) < 4.78 is 53.4. The largest absolute Gasteiger partial charge is 0.573 e. The SMILES string of the molecule is CC(=O)[C@H](CNC(C)C)c1ccc(OC(F)(F)F)c(F)c1. The lowest BCUT2D eigenvalue weighted by Gasteiger charge is -2.18. The van der Waals surface area contributed by atoms with Gasteiger partial charge in [-0.25, -0.2) is 4.39 Å². The van der Waals surface area contributed by atoms with Gasteiger partial charge in [0.15, 0.2) is 11.6 Å². The predicted molar refractivity (Wildman–Crippen MR) is 69.6 cm³/mol. The summed E-state index contributed by atoms with van der Waals surface area (Å²) in [6, 6.07) is 3.17. The molecule has 118 valence electrons. The fraction of sp³-hybridized carbons (Fsp3) is 0.500. The van der Waals surface area contributed by atoms with Crippen molar-refractivity contribution >= 4 is 5.78 Å². The van der Waals surface area contributed by atoms with Crippen LogP contribution in [0.15, 0.2) is 18.2 Å². The number of hydrogen-bond acceptors (Lipinski definition) is 3. The Hall–Kier alpha value is -1.63. The predicted octanol–water partition coefficient (Wildman–Crippen LogP) is 3.39. The van der Waals surface area contributed by atoms with Crippen LogP contribution in [0.2, 0.25) is 0 Å². The number of hydrogen-bond donors (Lipinski definition) is 1. The van der Waals surface area contributed by atoms with Crippen LogP contribution >= 0.6 is 0 Å². The number of benzene rings is 1. The fourth-order valence-electron chi connectivity index (χ4n) is 1.79. The normalized spacial score (nSPS) is 13.3. The average Bonchev–Trinajstić information content (AvgIpc) is 2.30. The van der Waals surface area contributed by atoms with Crippen LogP contribution in [0.1, 0.15) is 32.3 Å². The van der Waals surface area contributed by atoms with Gasteiger partial charge in [-0.15, -0.1) is 13.2 Å². The maximum Gasteiger partial charge on any atom is 0.573 e.